The highest BCUT2D eigenvalue weighted by molar-refractivity contribution is 5.75. The summed E-state index contributed by atoms with van der Waals surface area (Å²) in [4.78, 5) is 15.5. The standard InChI is InChI=1S/C17H20N8O2/c1-27-16-4-2-13(3-5-16)8-18-17(26)23-11-15(12-23)24-9-14(21-22-24)10-25-19-6-7-20-25/h2-7,9,15H,8,10-12H2,1H3,(H,18,26). The topological polar surface area (TPSA) is 103 Å². The first-order chi connectivity index (χ1) is 13.2. The van der Waals surface area contributed by atoms with Gasteiger partial charge in [-0.3, -0.25) is 0 Å². The smallest absolute Gasteiger partial charge is 0.317 e. The minimum Gasteiger partial charge on any atom is -0.497 e. The highest BCUT2D eigenvalue weighted by atomic mass is 16.5. The number of methoxy groups -OCH3 is 1. The lowest BCUT2D eigenvalue weighted by Crippen LogP contribution is -2.54. The highest BCUT2D eigenvalue weighted by Gasteiger charge is 2.32. The molecule has 1 saturated heterocycles. The number of rotatable bonds is 6. The van der Waals surface area contributed by atoms with E-state index >= 15 is 0 Å². The molecular formula is C17H20N8O2. The summed E-state index contributed by atoms with van der Waals surface area (Å²) in [5, 5.41) is 19.3. The average Bonchev–Trinajstić information content (AvgIpc) is 3.32. The molecule has 0 aliphatic carbocycles. The highest BCUT2D eigenvalue weighted by Crippen LogP contribution is 2.20. The van der Waals surface area contributed by atoms with Gasteiger partial charge in [-0.05, 0) is 17.7 Å². The van der Waals surface area contributed by atoms with Gasteiger partial charge in [-0.15, -0.1) is 5.10 Å². The Morgan fingerprint density at radius 2 is 1.96 bits per heavy atom. The summed E-state index contributed by atoms with van der Waals surface area (Å²) in [6.07, 6.45) is 5.12. The maximum Gasteiger partial charge on any atom is 0.317 e. The minimum absolute atomic E-state index is 0.0804. The van der Waals surface area contributed by atoms with Crippen molar-refractivity contribution in [3.05, 3.63) is 54.1 Å². The number of benzene rings is 1. The summed E-state index contributed by atoms with van der Waals surface area (Å²) in [5.74, 6) is 0.797. The molecular weight excluding hydrogens is 348 g/mol. The Hall–Kier alpha value is -3.43. The van der Waals surface area contributed by atoms with Crippen LogP contribution in [0.25, 0.3) is 0 Å². The van der Waals surface area contributed by atoms with Crippen molar-refractivity contribution in [2.75, 3.05) is 20.2 Å². The molecule has 0 radical (unpaired) electrons. The molecule has 10 heteroatoms. The first-order valence-corrected chi connectivity index (χ1v) is 8.62. The molecule has 3 aromatic rings. The van der Waals surface area contributed by atoms with Gasteiger partial charge in [0.05, 0.1) is 31.7 Å². The quantitative estimate of drug-likeness (QED) is 0.687. The third-order valence-electron chi connectivity index (χ3n) is 4.45. The second kappa shape index (κ2) is 7.44. The van der Waals surface area contributed by atoms with Crippen molar-refractivity contribution in [1.29, 1.82) is 0 Å². The molecule has 3 heterocycles. The lowest BCUT2D eigenvalue weighted by atomic mass is 10.1. The van der Waals surface area contributed by atoms with E-state index in [1.54, 1.807) is 33.9 Å². The van der Waals surface area contributed by atoms with Gasteiger partial charge in [-0.25, -0.2) is 9.48 Å². The molecule has 1 aromatic carbocycles. The van der Waals surface area contributed by atoms with Crippen LogP contribution in [0.5, 0.6) is 5.75 Å². The van der Waals surface area contributed by atoms with Gasteiger partial charge in [-0.2, -0.15) is 15.0 Å². The van der Waals surface area contributed by atoms with Crippen molar-refractivity contribution in [3.63, 3.8) is 0 Å². The Balaban J connectivity index is 1.24. The molecule has 0 unspecified atom stereocenters. The zero-order valence-electron chi connectivity index (χ0n) is 14.9. The van der Waals surface area contributed by atoms with Crippen LogP contribution < -0.4 is 10.1 Å². The summed E-state index contributed by atoms with van der Waals surface area (Å²) in [6.45, 7) is 2.18. The van der Waals surface area contributed by atoms with Crippen LogP contribution in [0.15, 0.2) is 42.9 Å². The first-order valence-electron chi connectivity index (χ1n) is 8.62. The van der Waals surface area contributed by atoms with Gasteiger partial charge in [0, 0.05) is 19.6 Å². The number of hydrogen-bond donors (Lipinski definition) is 1. The zero-order chi connectivity index (χ0) is 18.6. The van der Waals surface area contributed by atoms with Crippen molar-refractivity contribution in [3.8, 4) is 5.75 Å². The lowest BCUT2D eigenvalue weighted by Gasteiger charge is -2.38. The predicted octanol–water partition coefficient (Wildman–Crippen LogP) is 0.693. The largest absolute Gasteiger partial charge is 0.497 e. The molecule has 0 bridgehead atoms. The van der Waals surface area contributed by atoms with Gasteiger partial charge in [0.1, 0.15) is 18.0 Å². The third-order valence-corrected chi connectivity index (χ3v) is 4.45. The van der Waals surface area contributed by atoms with E-state index in [-0.39, 0.29) is 12.1 Å². The van der Waals surface area contributed by atoms with Gasteiger partial charge < -0.3 is 15.0 Å². The predicted molar refractivity (Wildman–Crippen MR) is 95.0 cm³/mol. The number of carbonyl (C=O) groups is 1. The molecule has 10 nitrogen and oxygen atoms in total. The van der Waals surface area contributed by atoms with Crippen LogP contribution in [0.4, 0.5) is 4.79 Å². The second-order valence-corrected chi connectivity index (χ2v) is 6.31. The Kier molecular flexibility index (Phi) is 4.69. The number of aromatic nitrogens is 6. The molecule has 0 saturated carbocycles. The zero-order valence-corrected chi connectivity index (χ0v) is 14.9. The number of urea groups is 1. The third kappa shape index (κ3) is 3.89. The normalized spacial score (nSPS) is 14.0. The summed E-state index contributed by atoms with van der Waals surface area (Å²) >= 11 is 0. The number of amides is 2. The van der Waals surface area contributed by atoms with Crippen LogP contribution in [-0.4, -0.2) is 61.1 Å². The number of nitrogens with zero attached hydrogens (tertiary/aromatic N) is 7. The van der Waals surface area contributed by atoms with Crippen molar-refractivity contribution < 1.29 is 9.53 Å². The Labute approximate surface area is 155 Å². The van der Waals surface area contributed by atoms with E-state index in [0.717, 1.165) is 17.0 Å². The van der Waals surface area contributed by atoms with Gasteiger partial charge in [0.15, 0.2) is 0 Å². The number of hydrogen-bond acceptors (Lipinski definition) is 6. The Morgan fingerprint density at radius 3 is 2.67 bits per heavy atom. The van der Waals surface area contributed by atoms with E-state index < -0.39 is 0 Å². The summed E-state index contributed by atoms with van der Waals surface area (Å²) < 4.78 is 6.92. The van der Waals surface area contributed by atoms with Gasteiger partial charge in [-0.1, -0.05) is 17.3 Å². The van der Waals surface area contributed by atoms with Gasteiger partial charge >= 0.3 is 6.03 Å². The summed E-state index contributed by atoms with van der Waals surface area (Å²) in [7, 11) is 1.63. The van der Waals surface area contributed by atoms with Crippen LogP contribution in [-0.2, 0) is 13.1 Å². The van der Waals surface area contributed by atoms with Crippen LogP contribution in [0.2, 0.25) is 0 Å². The van der Waals surface area contributed by atoms with Crippen LogP contribution in [0.1, 0.15) is 17.3 Å². The lowest BCUT2D eigenvalue weighted by molar-refractivity contribution is 0.117. The molecule has 2 aromatic heterocycles. The SMILES string of the molecule is COc1ccc(CNC(=O)N2CC(n3cc(Cn4nccn4)nn3)C2)cc1. The number of ether oxygens (including phenoxy) is 1. The van der Waals surface area contributed by atoms with Crippen LogP contribution >= 0.6 is 0 Å². The van der Waals surface area contributed by atoms with Crippen LogP contribution in [0, 0.1) is 0 Å². The monoisotopic (exact) mass is 368 g/mol. The number of likely N-dealkylation sites (tertiary alicyclic amines) is 1. The molecule has 4 rings (SSSR count). The first kappa shape index (κ1) is 17.0. The molecule has 0 atom stereocenters. The van der Waals surface area contributed by atoms with Gasteiger partial charge in [0.25, 0.3) is 0 Å². The van der Waals surface area contributed by atoms with Crippen LogP contribution in [0.3, 0.4) is 0 Å². The molecule has 1 aliphatic rings. The molecule has 27 heavy (non-hydrogen) atoms. The number of carbonyl (C=O) groups excluding carboxylic acids is 1. The maximum atomic E-state index is 12.2. The fourth-order valence-electron chi connectivity index (χ4n) is 2.86. The molecule has 1 fully saturated rings. The average molecular weight is 368 g/mol. The Bertz CT molecular complexity index is 884. The van der Waals surface area contributed by atoms with Crippen molar-refractivity contribution in [2.45, 2.75) is 19.1 Å². The van der Waals surface area contributed by atoms with E-state index in [1.807, 2.05) is 30.5 Å². The van der Waals surface area contributed by atoms with Crippen molar-refractivity contribution in [1.82, 2.24) is 40.2 Å². The van der Waals surface area contributed by atoms with E-state index in [9.17, 15) is 4.79 Å². The second-order valence-electron chi connectivity index (χ2n) is 6.31. The van der Waals surface area contributed by atoms with E-state index in [0.29, 0.717) is 26.2 Å². The molecule has 0 spiro atoms. The van der Waals surface area contributed by atoms with E-state index in [1.165, 1.54) is 0 Å². The van der Waals surface area contributed by atoms with Crippen molar-refractivity contribution >= 4 is 6.03 Å². The summed E-state index contributed by atoms with van der Waals surface area (Å²) in [6, 6.07) is 7.68. The fraction of sp³-hybridized carbons (Fsp3) is 0.353. The molecule has 1 aliphatic heterocycles. The fourth-order valence-corrected chi connectivity index (χ4v) is 2.86. The van der Waals surface area contributed by atoms with Crippen molar-refractivity contribution in [2.24, 2.45) is 0 Å². The molecule has 140 valence electrons. The number of nitrogens with one attached hydrogen (secondary N) is 1. The summed E-state index contributed by atoms with van der Waals surface area (Å²) in [5.41, 5.74) is 1.81. The Morgan fingerprint density at radius 1 is 1.22 bits per heavy atom. The van der Waals surface area contributed by atoms with E-state index in [2.05, 4.69) is 25.8 Å². The molecule has 1 N–H and O–H groups in total. The minimum atomic E-state index is -0.0804. The molecule has 2 amide bonds. The van der Waals surface area contributed by atoms with E-state index in [4.69, 9.17) is 4.74 Å². The maximum absolute atomic E-state index is 12.2. The van der Waals surface area contributed by atoms with Gasteiger partial charge in [0.2, 0.25) is 0 Å².